The molecule has 0 unspecified atom stereocenters. The Labute approximate surface area is 129 Å². The summed E-state index contributed by atoms with van der Waals surface area (Å²) in [5, 5.41) is 6.21. The number of nitrogens with zero attached hydrogens (tertiary/aromatic N) is 1. The number of methoxy groups -OCH3 is 1. The number of ether oxygens (including phenoxy) is 2. The van der Waals surface area contributed by atoms with Crippen molar-refractivity contribution in [3.63, 3.8) is 0 Å². The zero-order valence-corrected chi connectivity index (χ0v) is 13.2. The molecule has 7 heteroatoms. The molecule has 120 valence electrons. The van der Waals surface area contributed by atoms with E-state index in [-0.39, 0.29) is 6.04 Å². The van der Waals surface area contributed by atoms with Gasteiger partial charge in [0.15, 0.2) is 11.5 Å². The molecule has 0 atom stereocenters. The fourth-order valence-electron chi connectivity index (χ4n) is 1.58. The van der Waals surface area contributed by atoms with Crippen molar-refractivity contribution in [1.29, 1.82) is 0 Å². The summed E-state index contributed by atoms with van der Waals surface area (Å²) in [5.41, 5.74) is 2.86. The highest BCUT2D eigenvalue weighted by molar-refractivity contribution is 6.35. The molecule has 0 aliphatic carbocycles. The Morgan fingerprint density at radius 3 is 2.59 bits per heavy atom. The van der Waals surface area contributed by atoms with E-state index in [9.17, 15) is 9.59 Å². The average Bonchev–Trinajstić information content (AvgIpc) is 2.48. The van der Waals surface area contributed by atoms with Crippen LogP contribution in [0.4, 0.5) is 0 Å². The summed E-state index contributed by atoms with van der Waals surface area (Å²) in [4.78, 5) is 22.8. The van der Waals surface area contributed by atoms with E-state index in [2.05, 4.69) is 15.8 Å². The van der Waals surface area contributed by atoms with Crippen molar-refractivity contribution in [2.24, 2.45) is 5.10 Å². The Bertz CT molecular complexity index is 556. The van der Waals surface area contributed by atoms with Gasteiger partial charge in [0, 0.05) is 6.04 Å². The molecular weight excluding hydrogens is 286 g/mol. The zero-order chi connectivity index (χ0) is 16.5. The van der Waals surface area contributed by atoms with Crippen LogP contribution in [0.1, 0.15) is 26.3 Å². The van der Waals surface area contributed by atoms with E-state index in [0.717, 1.165) is 0 Å². The van der Waals surface area contributed by atoms with Gasteiger partial charge in [-0.1, -0.05) is 0 Å². The number of hydrazone groups is 1. The van der Waals surface area contributed by atoms with Crippen LogP contribution in [-0.2, 0) is 9.59 Å². The van der Waals surface area contributed by atoms with Crippen LogP contribution in [0.15, 0.2) is 23.3 Å². The van der Waals surface area contributed by atoms with Crippen LogP contribution in [-0.4, -0.2) is 37.8 Å². The van der Waals surface area contributed by atoms with E-state index in [1.807, 2.05) is 6.92 Å². The number of nitrogens with one attached hydrogen (secondary N) is 2. The Morgan fingerprint density at radius 2 is 2.00 bits per heavy atom. The third kappa shape index (κ3) is 5.43. The number of benzene rings is 1. The lowest BCUT2D eigenvalue weighted by Gasteiger charge is -2.09. The van der Waals surface area contributed by atoms with E-state index in [1.165, 1.54) is 13.3 Å². The van der Waals surface area contributed by atoms with E-state index in [1.54, 1.807) is 32.0 Å². The van der Waals surface area contributed by atoms with Crippen LogP contribution < -0.4 is 20.2 Å². The minimum absolute atomic E-state index is 0.113. The molecule has 22 heavy (non-hydrogen) atoms. The molecule has 0 heterocycles. The molecule has 0 aromatic heterocycles. The number of hydrogen-bond acceptors (Lipinski definition) is 5. The third-order valence-electron chi connectivity index (χ3n) is 2.49. The normalized spacial score (nSPS) is 10.6. The molecule has 0 spiro atoms. The minimum Gasteiger partial charge on any atom is -0.493 e. The van der Waals surface area contributed by atoms with Gasteiger partial charge in [-0.15, -0.1) is 0 Å². The van der Waals surface area contributed by atoms with E-state index in [4.69, 9.17) is 9.47 Å². The summed E-state index contributed by atoms with van der Waals surface area (Å²) < 4.78 is 10.6. The predicted molar refractivity (Wildman–Crippen MR) is 83.2 cm³/mol. The maximum atomic E-state index is 11.4. The molecule has 2 N–H and O–H groups in total. The van der Waals surface area contributed by atoms with Gasteiger partial charge >= 0.3 is 11.8 Å². The first-order chi connectivity index (χ1) is 10.5. The van der Waals surface area contributed by atoms with Crippen molar-refractivity contribution in [3.05, 3.63) is 23.8 Å². The highest BCUT2D eigenvalue weighted by atomic mass is 16.5. The lowest BCUT2D eigenvalue weighted by atomic mass is 10.2. The van der Waals surface area contributed by atoms with Gasteiger partial charge in [-0.05, 0) is 44.5 Å². The summed E-state index contributed by atoms with van der Waals surface area (Å²) in [6, 6.07) is 5.11. The van der Waals surface area contributed by atoms with Gasteiger partial charge in [-0.25, -0.2) is 5.43 Å². The van der Waals surface area contributed by atoms with Gasteiger partial charge in [0.2, 0.25) is 0 Å². The molecule has 0 bridgehead atoms. The summed E-state index contributed by atoms with van der Waals surface area (Å²) in [6.45, 7) is 5.94. The van der Waals surface area contributed by atoms with E-state index in [0.29, 0.717) is 23.7 Å². The topological polar surface area (TPSA) is 89.0 Å². The van der Waals surface area contributed by atoms with Gasteiger partial charge in [0.25, 0.3) is 0 Å². The SMILES string of the molecule is CCOc1ccc(/C=N\NC(=O)C(=O)NC(C)C)cc1OC. The van der Waals surface area contributed by atoms with Crippen molar-refractivity contribution in [2.45, 2.75) is 26.8 Å². The standard InChI is InChI=1S/C15H21N3O4/c1-5-22-12-7-6-11(8-13(12)21-4)9-16-18-15(20)14(19)17-10(2)3/h6-10H,5H2,1-4H3,(H,17,19)(H,18,20)/b16-9-. The van der Waals surface area contributed by atoms with Crippen LogP contribution in [0.2, 0.25) is 0 Å². The van der Waals surface area contributed by atoms with Gasteiger partial charge in [0.05, 0.1) is 19.9 Å². The smallest absolute Gasteiger partial charge is 0.329 e. The van der Waals surface area contributed by atoms with Crippen molar-refractivity contribution in [3.8, 4) is 11.5 Å². The molecule has 0 saturated carbocycles. The summed E-state index contributed by atoms with van der Waals surface area (Å²) in [7, 11) is 1.54. The fourth-order valence-corrected chi connectivity index (χ4v) is 1.58. The van der Waals surface area contributed by atoms with Gasteiger partial charge in [0.1, 0.15) is 0 Å². The first-order valence-electron chi connectivity index (χ1n) is 6.92. The summed E-state index contributed by atoms with van der Waals surface area (Å²) >= 11 is 0. The van der Waals surface area contributed by atoms with E-state index >= 15 is 0 Å². The predicted octanol–water partition coefficient (Wildman–Crippen LogP) is 1.07. The number of hydrogen-bond donors (Lipinski definition) is 2. The largest absolute Gasteiger partial charge is 0.493 e. The maximum absolute atomic E-state index is 11.4. The van der Waals surface area contributed by atoms with Crippen LogP contribution in [0.25, 0.3) is 0 Å². The first-order valence-corrected chi connectivity index (χ1v) is 6.92. The number of amides is 2. The average molecular weight is 307 g/mol. The van der Waals surface area contributed by atoms with Crippen LogP contribution >= 0.6 is 0 Å². The zero-order valence-electron chi connectivity index (χ0n) is 13.2. The molecule has 0 aliphatic heterocycles. The Morgan fingerprint density at radius 1 is 1.27 bits per heavy atom. The van der Waals surface area contributed by atoms with Crippen LogP contribution in [0.5, 0.6) is 11.5 Å². The molecule has 2 amide bonds. The molecular formula is C15H21N3O4. The Balaban J connectivity index is 2.66. The second-order valence-electron chi connectivity index (χ2n) is 4.67. The second kappa shape index (κ2) is 8.66. The first kappa shape index (κ1) is 17.5. The highest BCUT2D eigenvalue weighted by Crippen LogP contribution is 2.27. The lowest BCUT2D eigenvalue weighted by molar-refractivity contribution is -0.139. The number of rotatable bonds is 6. The summed E-state index contributed by atoms with van der Waals surface area (Å²) in [5.74, 6) is -0.351. The molecule has 1 aromatic carbocycles. The molecule has 1 rings (SSSR count). The van der Waals surface area contributed by atoms with Gasteiger partial charge < -0.3 is 14.8 Å². The minimum atomic E-state index is -0.817. The van der Waals surface area contributed by atoms with Crippen LogP contribution in [0.3, 0.4) is 0 Å². The third-order valence-corrected chi connectivity index (χ3v) is 2.49. The van der Waals surface area contributed by atoms with Crippen molar-refractivity contribution in [2.75, 3.05) is 13.7 Å². The Kier molecular flexibility index (Phi) is 6.88. The molecule has 0 aliphatic rings. The summed E-state index contributed by atoms with van der Waals surface area (Å²) in [6.07, 6.45) is 1.42. The number of carbonyl (C=O) groups is 2. The molecule has 0 fully saturated rings. The van der Waals surface area contributed by atoms with Crippen molar-refractivity contribution >= 4 is 18.0 Å². The van der Waals surface area contributed by atoms with Crippen LogP contribution in [0, 0.1) is 0 Å². The second-order valence-corrected chi connectivity index (χ2v) is 4.67. The molecule has 1 aromatic rings. The molecule has 7 nitrogen and oxygen atoms in total. The Hall–Kier alpha value is -2.57. The number of carbonyl (C=O) groups excluding carboxylic acids is 2. The maximum Gasteiger partial charge on any atom is 0.329 e. The molecule has 0 radical (unpaired) electrons. The highest BCUT2D eigenvalue weighted by Gasteiger charge is 2.13. The quantitative estimate of drug-likeness (QED) is 0.467. The fraction of sp³-hybridized carbons (Fsp3) is 0.400. The van der Waals surface area contributed by atoms with Crippen molar-refractivity contribution in [1.82, 2.24) is 10.7 Å². The van der Waals surface area contributed by atoms with Gasteiger partial charge in [-0.2, -0.15) is 5.10 Å². The van der Waals surface area contributed by atoms with Crippen molar-refractivity contribution < 1.29 is 19.1 Å². The molecule has 0 saturated heterocycles. The van der Waals surface area contributed by atoms with Gasteiger partial charge in [-0.3, -0.25) is 9.59 Å². The van der Waals surface area contributed by atoms with E-state index < -0.39 is 11.8 Å². The lowest BCUT2D eigenvalue weighted by Crippen LogP contribution is -2.41. The monoisotopic (exact) mass is 307 g/mol.